The second kappa shape index (κ2) is 6.79. The van der Waals surface area contributed by atoms with Gasteiger partial charge in [-0.05, 0) is 38.5 Å². The number of rotatable bonds is 3. The number of carbonyl (C=O) groups is 2. The Kier molecular flexibility index (Phi) is 5.23. The minimum absolute atomic E-state index is 0.0163. The summed E-state index contributed by atoms with van der Waals surface area (Å²) in [5, 5.41) is 11.4. The highest BCUT2D eigenvalue weighted by atomic mass is 19.4. The van der Waals surface area contributed by atoms with Gasteiger partial charge in [-0.15, -0.1) is 0 Å². The van der Waals surface area contributed by atoms with E-state index in [4.69, 9.17) is 9.84 Å². The number of ether oxygens (including phenoxy) is 1. The van der Waals surface area contributed by atoms with Crippen molar-refractivity contribution in [1.82, 2.24) is 10.2 Å². The predicted octanol–water partition coefficient (Wildman–Crippen LogP) is 3.03. The third-order valence-electron chi connectivity index (χ3n) is 4.10. The lowest BCUT2D eigenvalue weighted by Crippen LogP contribution is -2.66. The van der Waals surface area contributed by atoms with E-state index < -0.39 is 35.9 Å². The molecule has 0 aliphatic carbocycles. The van der Waals surface area contributed by atoms with Crippen molar-refractivity contribution in [2.45, 2.75) is 44.7 Å². The van der Waals surface area contributed by atoms with E-state index >= 15 is 0 Å². The first-order valence-electron chi connectivity index (χ1n) is 7.95. The number of nitrogens with zero attached hydrogens (tertiary/aromatic N) is 1. The van der Waals surface area contributed by atoms with Crippen molar-refractivity contribution in [3.63, 3.8) is 0 Å². The number of benzene rings is 1. The van der Waals surface area contributed by atoms with Crippen molar-refractivity contribution in [3.8, 4) is 0 Å². The van der Waals surface area contributed by atoms with Gasteiger partial charge in [0.25, 0.3) is 0 Å². The molecule has 2 N–H and O–H groups in total. The average molecular weight is 374 g/mol. The molecule has 2 rings (SSSR count). The molecule has 1 heterocycles. The summed E-state index contributed by atoms with van der Waals surface area (Å²) in [5.74, 6) is -1.07. The van der Waals surface area contributed by atoms with E-state index in [-0.39, 0.29) is 18.7 Å². The van der Waals surface area contributed by atoms with Crippen LogP contribution in [0.3, 0.4) is 0 Å². The molecule has 1 aromatic carbocycles. The van der Waals surface area contributed by atoms with Gasteiger partial charge in [0.05, 0.1) is 24.3 Å². The number of alkyl halides is 3. The summed E-state index contributed by atoms with van der Waals surface area (Å²) in [5.41, 5.74) is -2.86. The van der Waals surface area contributed by atoms with Crippen LogP contribution in [-0.2, 0) is 11.3 Å². The first kappa shape index (κ1) is 20.0. The second-order valence-electron chi connectivity index (χ2n) is 7.11. The molecule has 26 heavy (non-hydrogen) atoms. The fraction of sp³-hybridized carbons (Fsp3) is 0.529. The lowest BCUT2D eigenvalue weighted by atomic mass is 9.97. The minimum Gasteiger partial charge on any atom is -0.478 e. The third-order valence-corrected chi connectivity index (χ3v) is 4.10. The van der Waals surface area contributed by atoms with E-state index in [1.165, 1.54) is 38.1 Å². The van der Waals surface area contributed by atoms with Crippen molar-refractivity contribution >= 4 is 12.0 Å². The fourth-order valence-corrected chi connectivity index (χ4v) is 2.90. The Hall–Kier alpha value is -2.29. The number of hydrogen-bond acceptors (Lipinski definition) is 3. The fourth-order valence-electron chi connectivity index (χ4n) is 2.90. The lowest BCUT2D eigenvalue weighted by Gasteiger charge is -2.48. The molecule has 1 aliphatic heterocycles. The number of aromatic carboxylic acids is 1. The normalized spacial score (nSPS) is 22.8. The highest BCUT2D eigenvalue weighted by Gasteiger charge is 2.58. The van der Waals surface area contributed by atoms with Crippen molar-refractivity contribution in [3.05, 3.63) is 35.4 Å². The van der Waals surface area contributed by atoms with Gasteiger partial charge in [-0.1, -0.05) is 12.1 Å². The number of morpholine rings is 1. The van der Waals surface area contributed by atoms with Crippen LogP contribution >= 0.6 is 0 Å². The third kappa shape index (κ3) is 4.46. The van der Waals surface area contributed by atoms with Crippen LogP contribution in [0.1, 0.15) is 36.7 Å². The van der Waals surface area contributed by atoms with Gasteiger partial charge in [-0.25, -0.2) is 9.59 Å². The van der Waals surface area contributed by atoms with Crippen LogP contribution in [0, 0.1) is 0 Å². The van der Waals surface area contributed by atoms with Crippen LogP contribution in [0.2, 0.25) is 0 Å². The van der Waals surface area contributed by atoms with Gasteiger partial charge in [0.15, 0.2) is 5.60 Å². The zero-order chi connectivity index (χ0) is 19.8. The predicted molar refractivity (Wildman–Crippen MR) is 86.8 cm³/mol. The van der Waals surface area contributed by atoms with Gasteiger partial charge in [0, 0.05) is 6.54 Å². The zero-order valence-corrected chi connectivity index (χ0v) is 14.7. The average Bonchev–Trinajstić information content (AvgIpc) is 2.50. The van der Waals surface area contributed by atoms with Crippen molar-refractivity contribution in [2.24, 2.45) is 0 Å². The molecule has 0 saturated carbocycles. The molecule has 0 spiro atoms. The molecule has 0 bridgehead atoms. The molecule has 1 unspecified atom stereocenters. The molecular weight excluding hydrogens is 353 g/mol. The van der Waals surface area contributed by atoms with Crippen molar-refractivity contribution < 1.29 is 32.6 Å². The first-order valence-corrected chi connectivity index (χ1v) is 7.95. The molecule has 1 atom stereocenters. The number of carbonyl (C=O) groups excluding carboxylic acids is 1. The molecule has 6 nitrogen and oxygen atoms in total. The topological polar surface area (TPSA) is 78.9 Å². The van der Waals surface area contributed by atoms with Gasteiger partial charge in [-0.3, -0.25) is 0 Å². The quantitative estimate of drug-likeness (QED) is 0.853. The Balaban J connectivity index is 2.05. The molecule has 0 aromatic heterocycles. The van der Waals surface area contributed by atoms with E-state index in [0.717, 1.165) is 11.8 Å². The minimum atomic E-state index is -4.62. The Labute approximate surface area is 148 Å². The van der Waals surface area contributed by atoms with E-state index in [0.29, 0.717) is 5.56 Å². The maximum Gasteiger partial charge on any atom is 0.418 e. The Morgan fingerprint density at radius 1 is 1.19 bits per heavy atom. The van der Waals surface area contributed by atoms with Crippen LogP contribution in [0.5, 0.6) is 0 Å². The number of carboxylic acid groups (broad SMARTS) is 1. The molecule has 2 amide bonds. The van der Waals surface area contributed by atoms with E-state index in [2.05, 4.69) is 5.32 Å². The summed E-state index contributed by atoms with van der Waals surface area (Å²) in [6.07, 6.45) is -4.62. The van der Waals surface area contributed by atoms with Gasteiger partial charge >= 0.3 is 18.2 Å². The van der Waals surface area contributed by atoms with Crippen LogP contribution in [0.4, 0.5) is 18.0 Å². The molecule has 1 aliphatic rings. The zero-order valence-electron chi connectivity index (χ0n) is 14.7. The highest BCUT2D eigenvalue weighted by molar-refractivity contribution is 5.87. The Bertz CT molecular complexity index is 688. The van der Waals surface area contributed by atoms with Crippen LogP contribution in [0.15, 0.2) is 24.3 Å². The van der Waals surface area contributed by atoms with Gasteiger partial charge in [0.2, 0.25) is 0 Å². The van der Waals surface area contributed by atoms with Crippen molar-refractivity contribution in [2.75, 3.05) is 13.1 Å². The summed E-state index contributed by atoms with van der Waals surface area (Å²) < 4.78 is 45.2. The Morgan fingerprint density at radius 2 is 1.77 bits per heavy atom. The van der Waals surface area contributed by atoms with Gasteiger partial charge in [-0.2, -0.15) is 13.2 Å². The summed E-state index contributed by atoms with van der Waals surface area (Å²) >= 11 is 0. The largest absolute Gasteiger partial charge is 0.478 e. The smallest absolute Gasteiger partial charge is 0.418 e. The maximum absolute atomic E-state index is 13.3. The van der Waals surface area contributed by atoms with E-state index in [1.54, 1.807) is 0 Å². The van der Waals surface area contributed by atoms with Gasteiger partial charge < -0.3 is 20.1 Å². The summed E-state index contributed by atoms with van der Waals surface area (Å²) in [4.78, 5) is 24.2. The number of hydrogen-bond donors (Lipinski definition) is 2. The van der Waals surface area contributed by atoms with Crippen LogP contribution < -0.4 is 5.32 Å². The second-order valence-corrected chi connectivity index (χ2v) is 7.11. The van der Waals surface area contributed by atoms with Crippen LogP contribution in [0.25, 0.3) is 0 Å². The first-order chi connectivity index (χ1) is 11.8. The molecule has 1 fully saturated rings. The molecule has 1 saturated heterocycles. The number of urea groups is 1. The molecule has 0 radical (unpaired) electrons. The number of nitrogens with one attached hydrogen (secondary N) is 1. The summed E-state index contributed by atoms with van der Waals surface area (Å²) in [6, 6.07) is 5.21. The standard InChI is InChI=1S/C17H21F3N2O4/c1-15(2)9-22(10-16(3,26-15)17(18,19)20)14(25)21-8-11-4-6-12(7-5-11)13(23)24/h4-7H,8-10H2,1-3H3,(H,21,25)(H,23,24). The SMILES string of the molecule is CC1(C)CN(C(=O)NCc2ccc(C(=O)O)cc2)CC(C)(C(F)(F)F)O1. The van der Waals surface area contributed by atoms with Gasteiger partial charge in [0.1, 0.15) is 0 Å². The molecular formula is C17H21F3N2O4. The highest BCUT2D eigenvalue weighted by Crippen LogP contribution is 2.40. The number of halogens is 3. The molecule has 144 valence electrons. The maximum atomic E-state index is 13.3. The lowest BCUT2D eigenvalue weighted by molar-refractivity contribution is -0.318. The molecule has 9 heteroatoms. The number of amides is 2. The number of carboxylic acids is 1. The molecule has 1 aromatic rings. The van der Waals surface area contributed by atoms with Crippen molar-refractivity contribution in [1.29, 1.82) is 0 Å². The van der Waals surface area contributed by atoms with Crippen LogP contribution in [-0.4, -0.2) is 52.5 Å². The van der Waals surface area contributed by atoms with E-state index in [1.807, 2.05) is 0 Å². The summed E-state index contributed by atoms with van der Waals surface area (Å²) in [6.45, 7) is 3.41. The Morgan fingerprint density at radius 3 is 2.27 bits per heavy atom. The summed E-state index contributed by atoms with van der Waals surface area (Å²) in [7, 11) is 0. The van der Waals surface area contributed by atoms with E-state index in [9.17, 15) is 22.8 Å². The monoisotopic (exact) mass is 374 g/mol.